The van der Waals surface area contributed by atoms with Crippen LogP contribution in [0.4, 0.5) is 0 Å². The lowest BCUT2D eigenvalue weighted by atomic mass is 9.34. The van der Waals surface area contributed by atoms with E-state index in [0.29, 0.717) is 17.5 Å². The number of ketones is 1. The zero-order valence-corrected chi connectivity index (χ0v) is 21.3. The quantitative estimate of drug-likeness (QED) is 0.423. The van der Waals surface area contributed by atoms with Crippen molar-refractivity contribution in [2.45, 2.75) is 91.9 Å². The molecule has 0 spiro atoms. The first-order valence-corrected chi connectivity index (χ1v) is 12.7. The standard InChI is InChI=1S/C29H38O5/c1-16-22-17(13-19(31)23(16)32)27(4)10-12-29(6)21-15-26(3,24(33)34)8-7-25(21,2)9-11-28(29,5)20(27)14-18(22)30/h13-14,21,31-32H,7-12,15H2,1-6H3,(H,33,34). The van der Waals surface area contributed by atoms with Crippen LogP contribution in [-0.4, -0.2) is 27.1 Å². The molecule has 5 heteroatoms. The lowest BCUT2D eigenvalue weighted by Gasteiger charge is -2.69. The molecule has 0 amide bonds. The number of hydrogen-bond donors (Lipinski definition) is 3. The number of allylic oxidation sites excluding steroid dienone is 2. The van der Waals surface area contributed by atoms with Crippen LogP contribution >= 0.6 is 0 Å². The highest BCUT2D eigenvalue weighted by molar-refractivity contribution is 6.10. The van der Waals surface area contributed by atoms with Crippen LogP contribution in [0.1, 0.15) is 101 Å². The molecule has 4 aliphatic rings. The van der Waals surface area contributed by atoms with Gasteiger partial charge in [0.05, 0.1) is 5.41 Å². The van der Waals surface area contributed by atoms with Gasteiger partial charge in [0.2, 0.25) is 0 Å². The molecule has 1 aromatic rings. The summed E-state index contributed by atoms with van der Waals surface area (Å²) >= 11 is 0. The van der Waals surface area contributed by atoms with Crippen molar-refractivity contribution in [1.82, 2.24) is 0 Å². The first-order valence-electron chi connectivity index (χ1n) is 12.7. The molecule has 0 aliphatic heterocycles. The number of aliphatic carboxylic acids is 1. The molecule has 6 atom stereocenters. The molecule has 34 heavy (non-hydrogen) atoms. The Bertz CT molecular complexity index is 1170. The average Bonchev–Trinajstić information content (AvgIpc) is 2.77. The summed E-state index contributed by atoms with van der Waals surface area (Å²) in [5.41, 5.74) is 1.50. The van der Waals surface area contributed by atoms with Gasteiger partial charge in [0.15, 0.2) is 17.3 Å². The number of carboxylic acids is 1. The van der Waals surface area contributed by atoms with Gasteiger partial charge >= 0.3 is 5.97 Å². The van der Waals surface area contributed by atoms with E-state index in [4.69, 9.17) is 0 Å². The van der Waals surface area contributed by atoms with Crippen LogP contribution in [0.25, 0.3) is 0 Å². The molecule has 0 bridgehead atoms. The molecular formula is C29H38O5. The molecule has 3 saturated carbocycles. The fraction of sp³-hybridized carbons (Fsp3) is 0.655. The number of benzene rings is 1. The van der Waals surface area contributed by atoms with Gasteiger partial charge in [-0.2, -0.15) is 0 Å². The van der Waals surface area contributed by atoms with Gasteiger partial charge in [-0.15, -0.1) is 0 Å². The Morgan fingerprint density at radius 3 is 2.26 bits per heavy atom. The van der Waals surface area contributed by atoms with Gasteiger partial charge < -0.3 is 15.3 Å². The highest BCUT2D eigenvalue weighted by atomic mass is 16.4. The summed E-state index contributed by atoms with van der Waals surface area (Å²) in [5, 5.41) is 30.8. The van der Waals surface area contributed by atoms with E-state index in [9.17, 15) is 24.9 Å². The Kier molecular flexibility index (Phi) is 4.60. The lowest BCUT2D eigenvalue weighted by Crippen LogP contribution is -2.62. The van der Waals surface area contributed by atoms with Gasteiger partial charge in [-0.05, 0) is 104 Å². The molecule has 6 unspecified atom stereocenters. The van der Waals surface area contributed by atoms with Crippen LogP contribution in [0.15, 0.2) is 17.7 Å². The molecule has 0 radical (unpaired) electrons. The Hall–Kier alpha value is -2.30. The smallest absolute Gasteiger partial charge is 0.309 e. The lowest BCUT2D eigenvalue weighted by molar-refractivity contribution is -0.177. The Labute approximate surface area is 202 Å². The minimum Gasteiger partial charge on any atom is -0.504 e. The average molecular weight is 467 g/mol. The van der Waals surface area contributed by atoms with E-state index in [1.807, 2.05) is 13.0 Å². The Balaban J connectivity index is 1.67. The van der Waals surface area contributed by atoms with Crippen LogP contribution in [0.2, 0.25) is 0 Å². The first kappa shape index (κ1) is 23.4. The van der Waals surface area contributed by atoms with Gasteiger partial charge in [-0.3, -0.25) is 9.59 Å². The number of carbonyl (C=O) groups excluding carboxylic acids is 1. The third kappa shape index (κ3) is 2.62. The molecule has 0 aromatic heterocycles. The number of fused-ring (bicyclic) bond motifs is 7. The number of rotatable bonds is 1. The summed E-state index contributed by atoms with van der Waals surface area (Å²) in [6.45, 7) is 12.8. The maximum atomic E-state index is 13.5. The second-order valence-electron chi connectivity index (χ2n) is 13.1. The number of carboxylic acid groups (broad SMARTS) is 1. The number of phenolic OH excluding ortho intramolecular Hbond substituents is 2. The van der Waals surface area contributed by atoms with Crippen molar-refractivity contribution in [2.24, 2.45) is 27.6 Å². The molecular weight excluding hydrogens is 428 g/mol. The third-order valence-electron chi connectivity index (χ3n) is 11.5. The monoisotopic (exact) mass is 466 g/mol. The second kappa shape index (κ2) is 6.67. The van der Waals surface area contributed by atoms with E-state index >= 15 is 0 Å². The van der Waals surface area contributed by atoms with Crippen molar-refractivity contribution in [3.05, 3.63) is 34.4 Å². The van der Waals surface area contributed by atoms with Crippen LogP contribution in [0.3, 0.4) is 0 Å². The van der Waals surface area contributed by atoms with Crippen molar-refractivity contribution in [3.63, 3.8) is 0 Å². The maximum absolute atomic E-state index is 13.5. The van der Waals surface area contributed by atoms with Crippen LogP contribution in [0, 0.1) is 34.5 Å². The van der Waals surface area contributed by atoms with Crippen LogP contribution in [-0.2, 0) is 10.2 Å². The van der Waals surface area contributed by atoms with Gasteiger partial charge in [0.25, 0.3) is 0 Å². The fourth-order valence-corrected chi connectivity index (χ4v) is 8.72. The zero-order valence-electron chi connectivity index (χ0n) is 21.3. The molecule has 3 N–H and O–H groups in total. The fourth-order valence-electron chi connectivity index (χ4n) is 8.72. The van der Waals surface area contributed by atoms with E-state index in [2.05, 4.69) is 27.7 Å². The summed E-state index contributed by atoms with van der Waals surface area (Å²) in [4.78, 5) is 25.7. The van der Waals surface area contributed by atoms with Gasteiger partial charge in [0, 0.05) is 16.5 Å². The minimum atomic E-state index is -0.712. The highest BCUT2D eigenvalue weighted by Gasteiger charge is 2.67. The topological polar surface area (TPSA) is 94.8 Å². The van der Waals surface area contributed by atoms with Crippen LogP contribution < -0.4 is 0 Å². The summed E-state index contributed by atoms with van der Waals surface area (Å²) < 4.78 is 0. The number of aromatic hydroxyl groups is 2. The molecule has 1 aromatic carbocycles. The summed E-state index contributed by atoms with van der Waals surface area (Å²) in [6.07, 6.45) is 7.89. The van der Waals surface area contributed by atoms with Crippen molar-refractivity contribution < 1.29 is 24.9 Å². The van der Waals surface area contributed by atoms with E-state index in [1.54, 1.807) is 13.0 Å². The predicted molar refractivity (Wildman–Crippen MR) is 130 cm³/mol. The first-order chi connectivity index (χ1) is 15.6. The number of carbonyl (C=O) groups is 2. The summed E-state index contributed by atoms with van der Waals surface area (Å²) in [5.74, 6) is -0.940. The van der Waals surface area contributed by atoms with E-state index < -0.39 is 16.8 Å². The van der Waals surface area contributed by atoms with Crippen molar-refractivity contribution >= 4 is 11.8 Å². The predicted octanol–water partition coefficient (Wildman–Crippen LogP) is 6.28. The molecule has 0 saturated heterocycles. The number of hydrogen-bond acceptors (Lipinski definition) is 4. The van der Waals surface area contributed by atoms with Crippen molar-refractivity contribution in [2.75, 3.05) is 0 Å². The van der Waals surface area contributed by atoms with Gasteiger partial charge in [-0.1, -0.05) is 27.7 Å². The third-order valence-corrected chi connectivity index (χ3v) is 11.5. The Morgan fingerprint density at radius 2 is 1.62 bits per heavy atom. The SMILES string of the molecule is Cc1c(O)c(O)cc2c1C(=O)C=C1C2(C)CCC2(C)C3CC(C)(C(=O)O)CCC3(C)CCC12C. The minimum absolute atomic E-state index is 0.104. The maximum Gasteiger partial charge on any atom is 0.309 e. The summed E-state index contributed by atoms with van der Waals surface area (Å²) in [7, 11) is 0. The largest absolute Gasteiger partial charge is 0.504 e. The number of phenols is 2. The molecule has 5 nitrogen and oxygen atoms in total. The van der Waals surface area contributed by atoms with E-state index in [-0.39, 0.29) is 39.4 Å². The molecule has 184 valence electrons. The van der Waals surface area contributed by atoms with Gasteiger partial charge in [0.1, 0.15) is 0 Å². The molecule has 5 rings (SSSR count). The van der Waals surface area contributed by atoms with E-state index in [1.165, 1.54) is 0 Å². The molecule has 3 fully saturated rings. The van der Waals surface area contributed by atoms with E-state index in [0.717, 1.165) is 49.7 Å². The second-order valence-corrected chi connectivity index (χ2v) is 13.1. The highest BCUT2D eigenvalue weighted by Crippen LogP contribution is 2.74. The zero-order chi connectivity index (χ0) is 25.1. The van der Waals surface area contributed by atoms with Crippen molar-refractivity contribution in [3.8, 4) is 11.5 Å². The summed E-state index contributed by atoms with van der Waals surface area (Å²) in [6, 6.07) is 1.60. The molecule has 0 heterocycles. The molecule has 4 aliphatic carbocycles. The van der Waals surface area contributed by atoms with Crippen LogP contribution in [0.5, 0.6) is 11.5 Å². The van der Waals surface area contributed by atoms with Crippen molar-refractivity contribution in [1.29, 1.82) is 0 Å². The normalized spacial score (nSPS) is 43.2. The Morgan fingerprint density at radius 1 is 0.971 bits per heavy atom. The van der Waals surface area contributed by atoms with Gasteiger partial charge in [-0.25, -0.2) is 0 Å².